The minimum Gasteiger partial charge on any atom is -0.444 e. The van der Waals surface area contributed by atoms with Crippen molar-refractivity contribution < 1.29 is 17.9 Å². The van der Waals surface area contributed by atoms with E-state index in [0.29, 0.717) is 25.9 Å². The maximum Gasteiger partial charge on any atom is 0.410 e. The molecular weight excluding hydrogens is 306 g/mol. The van der Waals surface area contributed by atoms with Crippen molar-refractivity contribution in [2.75, 3.05) is 20.1 Å². The molecule has 1 aliphatic heterocycles. The van der Waals surface area contributed by atoms with Gasteiger partial charge in [0.1, 0.15) is 5.60 Å². The van der Waals surface area contributed by atoms with Gasteiger partial charge >= 0.3 is 6.09 Å². The zero-order valence-corrected chi connectivity index (χ0v) is 15.2. The number of piperidine rings is 1. The smallest absolute Gasteiger partial charge is 0.410 e. The topological polar surface area (TPSA) is 79.0 Å². The van der Waals surface area contributed by atoms with Crippen LogP contribution in [0.5, 0.6) is 0 Å². The van der Waals surface area contributed by atoms with Crippen LogP contribution < -0.4 is 4.72 Å². The van der Waals surface area contributed by atoms with Crippen LogP contribution >= 0.6 is 0 Å². The van der Waals surface area contributed by atoms with Gasteiger partial charge in [-0.15, -0.1) is 0 Å². The van der Waals surface area contributed by atoms with Crippen LogP contribution in [0, 0.1) is 0 Å². The Morgan fingerprint density at radius 2 is 1.77 bits per heavy atom. The summed E-state index contributed by atoms with van der Waals surface area (Å²) in [5, 5.41) is 0. The van der Waals surface area contributed by atoms with Gasteiger partial charge in [0.05, 0.1) is 0 Å². The largest absolute Gasteiger partial charge is 0.444 e. The number of rotatable bonds is 4. The number of likely N-dealkylation sites (tertiary alicyclic amines) is 1. The third-order valence-corrected chi connectivity index (χ3v) is 5.38. The van der Waals surface area contributed by atoms with Gasteiger partial charge < -0.3 is 9.64 Å². The highest BCUT2D eigenvalue weighted by molar-refractivity contribution is 7.87. The molecule has 1 amide bonds. The van der Waals surface area contributed by atoms with E-state index in [0.717, 1.165) is 0 Å². The van der Waals surface area contributed by atoms with E-state index in [1.807, 2.05) is 34.6 Å². The number of carbonyl (C=O) groups is 1. The molecule has 1 heterocycles. The molecule has 0 atom stereocenters. The number of amides is 1. The zero-order chi connectivity index (χ0) is 17.1. The van der Waals surface area contributed by atoms with Gasteiger partial charge in [-0.2, -0.15) is 17.4 Å². The van der Waals surface area contributed by atoms with E-state index in [-0.39, 0.29) is 18.2 Å². The molecule has 0 unspecified atom stereocenters. The number of nitrogens with one attached hydrogen (secondary N) is 1. The molecule has 1 fully saturated rings. The first-order chi connectivity index (χ1) is 9.92. The molecular formula is C14H29N3O4S. The summed E-state index contributed by atoms with van der Waals surface area (Å²) in [7, 11) is -1.92. The summed E-state index contributed by atoms with van der Waals surface area (Å²) in [5.74, 6) is 0. The highest BCUT2D eigenvalue weighted by atomic mass is 32.2. The van der Waals surface area contributed by atoms with Crippen LogP contribution in [-0.2, 0) is 14.9 Å². The third kappa shape index (κ3) is 5.73. The summed E-state index contributed by atoms with van der Waals surface area (Å²) >= 11 is 0. The lowest BCUT2D eigenvalue weighted by atomic mass is 10.1. The van der Waals surface area contributed by atoms with Gasteiger partial charge in [0.15, 0.2) is 0 Å². The molecule has 0 bridgehead atoms. The van der Waals surface area contributed by atoms with Crippen molar-refractivity contribution in [2.45, 2.75) is 65.1 Å². The Hall–Kier alpha value is -0.860. The standard InChI is InChI=1S/C14H29N3O4S/c1-11(2)16(6)22(19,20)15-12-7-9-17(10-8-12)13(18)21-14(3,4)5/h11-12,15H,7-10H2,1-6H3. The fourth-order valence-corrected chi connectivity index (χ4v) is 3.46. The first-order valence-corrected chi connectivity index (χ1v) is 9.09. The summed E-state index contributed by atoms with van der Waals surface area (Å²) < 4.78 is 33.6. The van der Waals surface area contributed by atoms with Gasteiger partial charge in [-0.3, -0.25) is 0 Å². The monoisotopic (exact) mass is 335 g/mol. The lowest BCUT2D eigenvalue weighted by molar-refractivity contribution is 0.0203. The first-order valence-electron chi connectivity index (χ1n) is 7.65. The Morgan fingerprint density at radius 1 is 1.27 bits per heavy atom. The van der Waals surface area contributed by atoms with Crippen molar-refractivity contribution in [3.05, 3.63) is 0 Å². The minimum absolute atomic E-state index is 0.0978. The van der Waals surface area contributed by atoms with Gasteiger partial charge in [-0.25, -0.2) is 4.79 Å². The molecule has 8 heteroatoms. The lowest BCUT2D eigenvalue weighted by Crippen LogP contribution is -2.51. The van der Waals surface area contributed by atoms with Crippen molar-refractivity contribution >= 4 is 16.3 Å². The summed E-state index contributed by atoms with van der Waals surface area (Å²) in [6.45, 7) is 10.1. The Labute approximate surface area is 134 Å². The molecule has 0 aromatic rings. The predicted molar refractivity (Wildman–Crippen MR) is 85.8 cm³/mol. The van der Waals surface area contributed by atoms with Gasteiger partial charge in [0.25, 0.3) is 10.2 Å². The minimum atomic E-state index is -3.48. The Morgan fingerprint density at radius 3 is 2.18 bits per heavy atom. The quantitative estimate of drug-likeness (QED) is 0.845. The van der Waals surface area contributed by atoms with Gasteiger partial charge in [-0.05, 0) is 47.5 Å². The fourth-order valence-electron chi connectivity index (χ4n) is 2.08. The summed E-state index contributed by atoms with van der Waals surface area (Å²) in [6, 6.07) is -0.246. The van der Waals surface area contributed by atoms with Crippen LogP contribution in [0.3, 0.4) is 0 Å². The molecule has 0 aromatic heterocycles. The Kier molecular flexibility index (Phi) is 6.23. The number of nitrogens with zero attached hydrogens (tertiary/aromatic N) is 2. The molecule has 1 aliphatic rings. The van der Waals surface area contributed by atoms with Gasteiger partial charge in [0.2, 0.25) is 0 Å². The van der Waals surface area contributed by atoms with Crippen LogP contribution in [0.25, 0.3) is 0 Å². The van der Waals surface area contributed by atoms with Gasteiger partial charge in [-0.1, -0.05) is 0 Å². The highest BCUT2D eigenvalue weighted by Gasteiger charge is 2.30. The van der Waals surface area contributed by atoms with E-state index in [1.165, 1.54) is 4.31 Å². The van der Waals surface area contributed by atoms with E-state index in [1.54, 1.807) is 11.9 Å². The maximum absolute atomic E-state index is 12.2. The number of hydrogen-bond acceptors (Lipinski definition) is 4. The second kappa shape index (κ2) is 7.14. The first kappa shape index (κ1) is 19.2. The average molecular weight is 335 g/mol. The van der Waals surface area contributed by atoms with Gasteiger partial charge in [0, 0.05) is 32.2 Å². The predicted octanol–water partition coefficient (Wildman–Crippen LogP) is 1.56. The maximum atomic E-state index is 12.2. The summed E-state index contributed by atoms with van der Waals surface area (Å²) in [5.41, 5.74) is -0.518. The lowest BCUT2D eigenvalue weighted by Gasteiger charge is -2.34. The van der Waals surface area contributed by atoms with Crippen molar-refractivity contribution in [3.8, 4) is 0 Å². The number of carbonyl (C=O) groups excluding carboxylic acids is 1. The fraction of sp³-hybridized carbons (Fsp3) is 0.929. The second-order valence-electron chi connectivity index (χ2n) is 6.97. The molecule has 0 saturated carbocycles. The van der Waals surface area contributed by atoms with Crippen LogP contribution in [0.4, 0.5) is 4.79 Å². The Bertz CT molecular complexity index is 477. The van der Waals surface area contributed by atoms with E-state index < -0.39 is 15.8 Å². The Balaban J connectivity index is 2.51. The molecule has 22 heavy (non-hydrogen) atoms. The summed E-state index contributed by atoms with van der Waals surface area (Å²) in [4.78, 5) is 13.6. The van der Waals surface area contributed by atoms with Crippen molar-refractivity contribution in [2.24, 2.45) is 0 Å². The van der Waals surface area contributed by atoms with Crippen LogP contribution in [-0.4, -0.2) is 61.5 Å². The molecule has 0 radical (unpaired) electrons. The summed E-state index contributed by atoms with van der Waals surface area (Å²) in [6.07, 6.45) is 0.836. The molecule has 1 N–H and O–H groups in total. The van der Waals surface area contributed by atoms with Crippen LogP contribution in [0.15, 0.2) is 0 Å². The van der Waals surface area contributed by atoms with E-state index >= 15 is 0 Å². The average Bonchev–Trinajstić information content (AvgIpc) is 2.36. The van der Waals surface area contributed by atoms with Crippen molar-refractivity contribution in [1.29, 1.82) is 0 Å². The second-order valence-corrected chi connectivity index (χ2v) is 8.74. The van der Waals surface area contributed by atoms with Crippen LogP contribution in [0.1, 0.15) is 47.5 Å². The highest BCUT2D eigenvalue weighted by Crippen LogP contribution is 2.16. The van der Waals surface area contributed by atoms with Crippen molar-refractivity contribution in [3.63, 3.8) is 0 Å². The molecule has 0 aromatic carbocycles. The van der Waals surface area contributed by atoms with Crippen LogP contribution in [0.2, 0.25) is 0 Å². The molecule has 130 valence electrons. The molecule has 7 nitrogen and oxygen atoms in total. The molecule has 1 saturated heterocycles. The molecule has 0 spiro atoms. The normalized spacial score (nSPS) is 18.1. The zero-order valence-electron chi connectivity index (χ0n) is 14.4. The number of ether oxygens (including phenoxy) is 1. The SMILES string of the molecule is CC(C)N(C)S(=O)(=O)NC1CCN(C(=O)OC(C)(C)C)CC1. The van der Waals surface area contributed by atoms with E-state index in [4.69, 9.17) is 4.74 Å². The van der Waals surface area contributed by atoms with E-state index in [9.17, 15) is 13.2 Å². The third-order valence-electron chi connectivity index (χ3n) is 3.57. The number of hydrogen-bond donors (Lipinski definition) is 1. The van der Waals surface area contributed by atoms with E-state index in [2.05, 4.69) is 4.72 Å². The van der Waals surface area contributed by atoms with Crippen molar-refractivity contribution in [1.82, 2.24) is 13.9 Å². The molecule has 1 rings (SSSR count). The molecule has 0 aliphatic carbocycles.